The Morgan fingerprint density at radius 2 is 1.85 bits per heavy atom. The number of morpholine rings is 1. The van der Waals surface area contributed by atoms with Gasteiger partial charge >= 0.3 is 0 Å². The Hall–Kier alpha value is -2.08. The number of rotatable bonds is 4. The standard InChI is InChI=1S/C21H31N3O3/c1-16-7-6-10-24(15-16)20(26)21(2,3)19(25)22-17-8-4-5-9-18(17)23-11-13-27-14-12-23/h4-5,8-9,16H,6-7,10-15H2,1-3H3,(H,22,25). The third-order valence-electron chi connectivity index (χ3n) is 5.55. The number of likely N-dealkylation sites (tertiary alicyclic amines) is 1. The smallest absolute Gasteiger partial charge is 0.239 e. The number of benzene rings is 1. The fourth-order valence-corrected chi connectivity index (χ4v) is 3.80. The molecule has 0 radical (unpaired) electrons. The SMILES string of the molecule is CC1CCCN(C(=O)C(C)(C)C(=O)Nc2ccccc2N2CCOCC2)C1. The summed E-state index contributed by atoms with van der Waals surface area (Å²) < 4.78 is 5.42. The lowest BCUT2D eigenvalue weighted by atomic mass is 9.88. The van der Waals surface area contributed by atoms with Crippen molar-refractivity contribution in [3.05, 3.63) is 24.3 Å². The van der Waals surface area contributed by atoms with Crippen LogP contribution in [0.4, 0.5) is 11.4 Å². The number of nitrogens with one attached hydrogen (secondary N) is 1. The molecule has 2 saturated heterocycles. The third kappa shape index (κ3) is 4.43. The van der Waals surface area contributed by atoms with Crippen molar-refractivity contribution < 1.29 is 14.3 Å². The van der Waals surface area contributed by atoms with E-state index in [4.69, 9.17) is 4.74 Å². The number of para-hydroxylation sites is 2. The summed E-state index contributed by atoms with van der Waals surface area (Å²) in [6.45, 7) is 10.0. The van der Waals surface area contributed by atoms with Gasteiger partial charge in [0.05, 0.1) is 24.6 Å². The van der Waals surface area contributed by atoms with E-state index in [2.05, 4.69) is 17.1 Å². The quantitative estimate of drug-likeness (QED) is 0.825. The van der Waals surface area contributed by atoms with E-state index < -0.39 is 5.41 Å². The molecule has 1 aromatic rings. The molecule has 3 rings (SSSR count). The van der Waals surface area contributed by atoms with E-state index in [1.54, 1.807) is 13.8 Å². The first-order valence-corrected chi connectivity index (χ1v) is 9.92. The van der Waals surface area contributed by atoms with E-state index in [0.29, 0.717) is 19.1 Å². The summed E-state index contributed by atoms with van der Waals surface area (Å²) in [5.74, 6) is 0.144. The number of carbonyl (C=O) groups is 2. The average Bonchev–Trinajstić information content (AvgIpc) is 2.68. The van der Waals surface area contributed by atoms with Gasteiger partial charge in [-0.15, -0.1) is 0 Å². The Morgan fingerprint density at radius 1 is 1.15 bits per heavy atom. The molecule has 1 N–H and O–H groups in total. The molecule has 2 amide bonds. The fraction of sp³-hybridized carbons (Fsp3) is 0.619. The van der Waals surface area contributed by atoms with Gasteiger partial charge in [-0.3, -0.25) is 9.59 Å². The van der Waals surface area contributed by atoms with Crippen molar-refractivity contribution in [1.82, 2.24) is 4.90 Å². The first kappa shape index (κ1) is 19.7. The van der Waals surface area contributed by atoms with Crippen molar-refractivity contribution in [2.24, 2.45) is 11.3 Å². The van der Waals surface area contributed by atoms with Gasteiger partial charge in [-0.1, -0.05) is 19.1 Å². The first-order chi connectivity index (χ1) is 12.9. The fourth-order valence-electron chi connectivity index (χ4n) is 3.80. The molecule has 2 fully saturated rings. The highest BCUT2D eigenvalue weighted by Crippen LogP contribution is 2.30. The summed E-state index contributed by atoms with van der Waals surface area (Å²) in [5.41, 5.74) is 0.621. The van der Waals surface area contributed by atoms with E-state index in [1.165, 1.54) is 0 Å². The Labute approximate surface area is 161 Å². The number of nitrogens with zero attached hydrogens (tertiary/aromatic N) is 2. The number of amides is 2. The van der Waals surface area contributed by atoms with Gasteiger partial charge in [0.1, 0.15) is 5.41 Å². The van der Waals surface area contributed by atoms with Crippen LogP contribution in [0.25, 0.3) is 0 Å². The van der Waals surface area contributed by atoms with Crippen LogP contribution in [0.3, 0.4) is 0 Å². The molecule has 1 atom stereocenters. The predicted molar refractivity (Wildman–Crippen MR) is 107 cm³/mol. The van der Waals surface area contributed by atoms with E-state index in [9.17, 15) is 9.59 Å². The maximum absolute atomic E-state index is 13.0. The van der Waals surface area contributed by atoms with Gasteiger partial charge in [-0.2, -0.15) is 0 Å². The maximum Gasteiger partial charge on any atom is 0.239 e. The van der Waals surface area contributed by atoms with Crippen molar-refractivity contribution in [2.75, 3.05) is 49.6 Å². The van der Waals surface area contributed by atoms with Crippen LogP contribution in [-0.2, 0) is 14.3 Å². The third-order valence-corrected chi connectivity index (χ3v) is 5.55. The van der Waals surface area contributed by atoms with Crippen molar-refractivity contribution in [3.63, 3.8) is 0 Å². The van der Waals surface area contributed by atoms with Crippen LogP contribution in [0.15, 0.2) is 24.3 Å². The van der Waals surface area contributed by atoms with E-state index in [1.807, 2.05) is 29.2 Å². The topological polar surface area (TPSA) is 61.9 Å². The molecule has 2 aliphatic rings. The molecular weight excluding hydrogens is 342 g/mol. The lowest BCUT2D eigenvalue weighted by molar-refractivity contribution is -0.147. The van der Waals surface area contributed by atoms with E-state index in [-0.39, 0.29) is 11.8 Å². The lowest BCUT2D eigenvalue weighted by Gasteiger charge is -2.36. The monoisotopic (exact) mass is 373 g/mol. The summed E-state index contributed by atoms with van der Waals surface area (Å²) in [7, 11) is 0. The van der Waals surface area contributed by atoms with Crippen LogP contribution in [0.5, 0.6) is 0 Å². The molecule has 6 nitrogen and oxygen atoms in total. The molecule has 2 heterocycles. The summed E-state index contributed by atoms with van der Waals surface area (Å²) >= 11 is 0. The summed E-state index contributed by atoms with van der Waals surface area (Å²) in [6.07, 6.45) is 2.15. The molecule has 27 heavy (non-hydrogen) atoms. The highest BCUT2D eigenvalue weighted by Gasteiger charge is 2.40. The molecule has 0 spiro atoms. The Balaban J connectivity index is 1.73. The second kappa shape index (κ2) is 8.30. The predicted octanol–water partition coefficient (Wildman–Crippen LogP) is 2.75. The normalized spacial score (nSPS) is 21.1. The molecule has 6 heteroatoms. The average molecular weight is 373 g/mol. The molecule has 148 valence electrons. The number of carbonyl (C=O) groups excluding carboxylic acids is 2. The summed E-state index contributed by atoms with van der Waals surface area (Å²) in [5, 5.41) is 3.01. The Bertz CT molecular complexity index is 683. The minimum Gasteiger partial charge on any atom is -0.378 e. The zero-order valence-electron chi connectivity index (χ0n) is 16.7. The molecule has 0 saturated carbocycles. The van der Waals surface area contributed by atoms with Crippen LogP contribution in [0, 0.1) is 11.3 Å². The highest BCUT2D eigenvalue weighted by molar-refractivity contribution is 6.10. The molecule has 0 aliphatic carbocycles. The molecular formula is C21H31N3O3. The number of piperidine rings is 1. The van der Waals surface area contributed by atoms with Gasteiger partial charge in [-0.05, 0) is 44.7 Å². The second-order valence-electron chi connectivity index (χ2n) is 8.19. The number of anilines is 2. The summed E-state index contributed by atoms with van der Waals surface area (Å²) in [6, 6.07) is 7.76. The second-order valence-corrected chi connectivity index (χ2v) is 8.19. The molecule has 0 aromatic heterocycles. The number of hydrogen-bond acceptors (Lipinski definition) is 4. The van der Waals surface area contributed by atoms with Crippen molar-refractivity contribution in [1.29, 1.82) is 0 Å². The Kier molecular flexibility index (Phi) is 6.05. The van der Waals surface area contributed by atoms with Crippen molar-refractivity contribution >= 4 is 23.2 Å². The van der Waals surface area contributed by atoms with Gasteiger partial charge in [0, 0.05) is 26.2 Å². The van der Waals surface area contributed by atoms with Crippen LogP contribution in [0.2, 0.25) is 0 Å². The van der Waals surface area contributed by atoms with Crippen molar-refractivity contribution in [3.8, 4) is 0 Å². The minimum absolute atomic E-state index is 0.0876. The van der Waals surface area contributed by atoms with Crippen LogP contribution >= 0.6 is 0 Å². The van der Waals surface area contributed by atoms with Gasteiger partial charge in [0.15, 0.2) is 0 Å². The number of ether oxygens (including phenoxy) is 1. The largest absolute Gasteiger partial charge is 0.378 e. The van der Waals surface area contributed by atoms with Crippen LogP contribution in [0.1, 0.15) is 33.6 Å². The van der Waals surface area contributed by atoms with Gasteiger partial charge in [0.2, 0.25) is 11.8 Å². The zero-order chi connectivity index (χ0) is 19.4. The van der Waals surface area contributed by atoms with Crippen LogP contribution in [-0.4, -0.2) is 56.1 Å². The number of hydrogen-bond donors (Lipinski definition) is 1. The molecule has 1 aromatic carbocycles. The highest BCUT2D eigenvalue weighted by atomic mass is 16.5. The van der Waals surface area contributed by atoms with Crippen LogP contribution < -0.4 is 10.2 Å². The van der Waals surface area contributed by atoms with Crippen molar-refractivity contribution in [2.45, 2.75) is 33.6 Å². The van der Waals surface area contributed by atoms with Gasteiger partial charge < -0.3 is 19.9 Å². The molecule has 0 bridgehead atoms. The maximum atomic E-state index is 13.0. The molecule has 1 unspecified atom stereocenters. The lowest BCUT2D eigenvalue weighted by Crippen LogP contribution is -2.50. The van der Waals surface area contributed by atoms with Gasteiger partial charge in [-0.25, -0.2) is 0 Å². The molecule has 2 aliphatic heterocycles. The summed E-state index contributed by atoms with van der Waals surface area (Å²) in [4.78, 5) is 30.1. The van der Waals surface area contributed by atoms with Gasteiger partial charge in [0.25, 0.3) is 0 Å². The van der Waals surface area contributed by atoms with E-state index >= 15 is 0 Å². The minimum atomic E-state index is -1.10. The first-order valence-electron chi connectivity index (χ1n) is 9.92. The zero-order valence-corrected chi connectivity index (χ0v) is 16.7. The van der Waals surface area contributed by atoms with E-state index in [0.717, 1.165) is 50.4 Å². The Morgan fingerprint density at radius 3 is 2.56 bits per heavy atom.